The van der Waals surface area contributed by atoms with E-state index in [0.717, 1.165) is 0 Å². The van der Waals surface area contributed by atoms with Crippen molar-refractivity contribution in [3.05, 3.63) is 29.0 Å². The Morgan fingerprint density at radius 2 is 2.11 bits per heavy atom. The molecule has 0 heterocycles. The van der Waals surface area contributed by atoms with Crippen molar-refractivity contribution in [3.8, 4) is 0 Å². The third-order valence-corrected chi connectivity index (χ3v) is 1.24. The first kappa shape index (κ1) is 6.52. The minimum atomic E-state index is -0.320. The van der Waals surface area contributed by atoms with Gasteiger partial charge in [0, 0.05) is 11.1 Å². The van der Waals surface area contributed by atoms with Gasteiger partial charge in [-0.15, -0.1) is 0 Å². The first-order chi connectivity index (χ1) is 4.20. The summed E-state index contributed by atoms with van der Waals surface area (Å²) in [6.07, 6.45) is 0. The summed E-state index contributed by atoms with van der Waals surface area (Å²) in [6, 6.07) is 4.27. The largest absolute Gasteiger partial charge is 0.323 e. The molecule has 0 unspecified atom stereocenters. The van der Waals surface area contributed by atoms with Gasteiger partial charge in [0.15, 0.2) is 11.5 Å². The minimum absolute atomic E-state index is 0.320. The molecule has 3 N–H and O–H groups in total. The van der Waals surface area contributed by atoms with Gasteiger partial charge >= 0.3 is 0 Å². The van der Waals surface area contributed by atoms with Crippen molar-refractivity contribution in [2.75, 3.05) is 0 Å². The van der Waals surface area contributed by atoms with Crippen molar-refractivity contribution in [1.82, 2.24) is 0 Å². The molecule has 0 saturated carbocycles. The van der Waals surface area contributed by atoms with Gasteiger partial charge in [-0.1, -0.05) is 11.6 Å². The molecule has 0 radical (unpaired) electrons. The molecule has 0 aromatic heterocycles. The van der Waals surface area contributed by atoms with E-state index in [-0.39, 0.29) is 5.82 Å². The van der Waals surface area contributed by atoms with Crippen LogP contribution in [0.2, 0.25) is 5.02 Å². The van der Waals surface area contributed by atoms with Crippen LogP contribution < -0.4 is 5.73 Å². The molecule has 0 aliphatic rings. The Kier molecular flexibility index (Phi) is 1.69. The quantitative estimate of drug-likeness (QED) is 0.573. The molecule has 0 atom stereocenters. The Bertz CT molecular complexity index is 224. The first-order valence-corrected chi connectivity index (χ1v) is 2.85. The molecule has 0 aliphatic heterocycles. The van der Waals surface area contributed by atoms with Gasteiger partial charge in [0.1, 0.15) is 0 Å². The zero-order valence-corrected chi connectivity index (χ0v) is 5.45. The Labute approximate surface area is 57.2 Å². The lowest BCUT2D eigenvalue weighted by atomic mass is 10.3. The summed E-state index contributed by atoms with van der Waals surface area (Å²) in [7, 11) is 0. The highest BCUT2D eigenvalue weighted by molar-refractivity contribution is 6.30. The van der Waals surface area contributed by atoms with E-state index in [1.54, 1.807) is 0 Å². The lowest BCUT2D eigenvalue weighted by molar-refractivity contribution is -0.258. The van der Waals surface area contributed by atoms with Gasteiger partial charge in [0.2, 0.25) is 0 Å². The van der Waals surface area contributed by atoms with Crippen LogP contribution >= 0.6 is 11.6 Å². The monoisotopic (exact) mass is 146 g/mol. The topological polar surface area (TPSA) is 27.6 Å². The summed E-state index contributed by atoms with van der Waals surface area (Å²) in [5.74, 6) is -0.320. The summed E-state index contributed by atoms with van der Waals surface area (Å²) in [5.41, 5.74) is 3.76. The molecule has 48 valence electrons. The smallest absolute Gasteiger partial charge is 0.183 e. The van der Waals surface area contributed by atoms with Gasteiger partial charge in [-0.05, 0) is 12.1 Å². The zero-order chi connectivity index (χ0) is 6.85. The summed E-state index contributed by atoms with van der Waals surface area (Å²) in [4.78, 5) is 0. The predicted molar refractivity (Wildman–Crippen MR) is 34.0 cm³/mol. The van der Waals surface area contributed by atoms with Gasteiger partial charge in [-0.3, -0.25) is 0 Å². The fraction of sp³-hybridized carbons (Fsp3) is 0. The number of rotatable bonds is 0. The zero-order valence-electron chi connectivity index (χ0n) is 4.70. The van der Waals surface area contributed by atoms with Crippen LogP contribution in [0.25, 0.3) is 0 Å². The second-order valence-electron chi connectivity index (χ2n) is 1.74. The van der Waals surface area contributed by atoms with Crippen LogP contribution in [0.3, 0.4) is 0 Å². The molecule has 0 spiro atoms. The van der Waals surface area contributed by atoms with Crippen LogP contribution in [0.5, 0.6) is 0 Å². The van der Waals surface area contributed by atoms with E-state index in [0.29, 0.717) is 10.7 Å². The second-order valence-corrected chi connectivity index (χ2v) is 2.17. The third kappa shape index (κ3) is 1.40. The van der Waals surface area contributed by atoms with Crippen molar-refractivity contribution < 1.29 is 10.1 Å². The number of hydrogen-bond donors (Lipinski definition) is 1. The molecule has 1 rings (SSSR count). The summed E-state index contributed by atoms with van der Waals surface area (Å²) in [5, 5.41) is 0.515. The van der Waals surface area contributed by atoms with Crippen molar-refractivity contribution in [3.63, 3.8) is 0 Å². The van der Waals surface area contributed by atoms with Crippen LogP contribution in [0.1, 0.15) is 0 Å². The van der Waals surface area contributed by atoms with E-state index in [1.807, 2.05) is 0 Å². The maximum Gasteiger partial charge on any atom is 0.183 e. The van der Waals surface area contributed by atoms with Crippen LogP contribution in [-0.2, 0) is 0 Å². The average molecular weight is 147 g/mol. The Morgan fingerprint density at radius 1 is 1.44 bits per heavy atom. The SMILES string of the molecule is [NH3+]c1cc(Cl)ccc1F. The van der Waals surface area contributed by atoms with Crippen molar-refractivity contribution in [2.45, 2.75) is 0 Å². The van der Waals surface area contributed by atoms with Crippen LogP contribution in [0.4, 0.5) is 10.1 Å². The maximum absolute atomic E-state index is 12.4. The third-order valence-electron chi connectivity index (χ3n) is 1.01. The van der Waals surface area contributed by atoms with Gasteiger partial charge in [-0.25, -0.2) is 4.39 Å². The summed E-state index contributed by atoms with van der Waals surface area (Å²) < 4.78 is 12.4. The number of benzene rings is 1. The van der Waals surface area contributed by atoms with Gasteiger partial charge in [-0.2, -0.15) is 0 Å². The second kappa shape index (κ2) is 2.33. The van der Waals surface area contributed by atoms with Gasteiger partial charge in [0.25, 0.3) is 0 Å². The molecule has 1 aromatic rings. The normalized spacial score (nSPS) is 9.67. The fourth-order valence-corrected chi connectivity index (χ4v) is 0.738. The molecule has 0 bridgehead atoms. The number of halogens is 2. The molecular weight excluding hydrogens is 141 g/mol. The molecular formula is C6H6ClFN+. The average Bonchev–Trinajstić information content (AvgIpc) is 1.80. The molecule has 1 nitrogen and oxygen atoms in total. The van der Waals surface area contributed by atoms with Crippen LogP contribution in [0, 0.1) is 5.82 Å². The first-order valence-electron chi connectivity index (χ1n) is 2.47. The van der Waals surface area contributed by atoms with Crippen LogP contribution in [-0.4, -0.2) is 0 Å². The molecule has 9 heavy (non-hydrogen) atoms. The molecule has 0 saturated heterocycles. The van der Waals surface area contributed by atoms with E-state index in [4.69, 9.17) is 11.6 Å². The van der Waals surface area contributed by atoms with E-state index in [1.165, 1.54) is 18.2 Å². The molecule has 1 aromatic carbocycles. The Hall–Kier alpha value is -0.600. The Balaban J connectivity index is 3.17. The lowest BCUT2D eigenvalue weighted by Crippen LogP contribution is -2.41. The molecule has 3 heteroatoms. The minimum Gasteiger partial charge on any atom is -0.323 e. The fourth-order valence-electron chi connectivity index (χ4n) is 0.543. The van der Waals surface area contributed by atoms with Crippen molar-refractivity contribution in [2.24, 2.45) is 0 Å². The molecule has 0 fully saturated rings. The van der Waals surface area contributed by atoms with E-state index >= 15 is 0 Å². The maximum atomic E-state index is 12.4. The predicted octanol–water partition coefficient (Wildman–Crippen LogP) is 1.35. The van der Waals surface area contributed by atoms with Crippen molar-refractivity contribution >= 4 is 17.3 Å². The summed E-state index contributed by atoms with van der Waals surface area (Å²) >= 11 is 5.51. The highest BCUT2D eigenvalue weighted by Crippen LogP contribution is 2.14. The highest BCUT2D eigenvalue weighted by atomic mass is 35.5. The lowest BCUT2D eigenvalue weighted by Gasteiger charge is -1.89. The van der Waals surface area contributed by atoms with E-state index < -0.39 is 0 Å². The molecule has 0 aliphatic carbocycles. The highest BCUT2D eigenvalue weighted by Gasteiger charge is 1.99. The van der Waals surface area contributed by atoms with E-state index in [2.05, 4.69) is 5.73 Å². The summed E-state index contributed by atoms with van der Waals surface area (Å²) in [6.45, 7) is 0. The van der Waals surface area contributed by atoms with Crippen molar-refractivity contribution in [1.29, 1.82) is 0 Å². The van der Waals surface area contributed by atoms with Crippen LogP contribution in [0.15, 0.2) is 18.2 Å². The van der Waals surface area contributed by atoms with Gasteiger partial charge < -0.3 is 5.73 Å². The molecule has 0 amide bonds. The Morgan fingerprint density at radius 3 is 2.56 bits per heavy atom. The number of hydrogen-bond acceptors (Lipinski definition) is 0. The van der Waals surface area contributed by atoms with Gasteiger partial charge in [0.05, 0.1) is 0 Å². The number of quaternary nitrogens is 1. The standard InChI is InChI=1S/C6H5ClFN/c7-4-1-2-5(8)6(9)3-4/h1-3H,9H2/p+1. The van der Waals surface area contributed by atoms with E-state index in [9.17, 15) is 4.39 Å².